The molecule has 0 aromatic carbocycles. The minimum absolute atomic E-state index is 0.114. The molecule has 2 atom stereocenters. The van der Waals surface area contributed by atoms with Crippen molar-refractivity contribution in [1.82, 2.24) is 0 Å². The molecule has 0 bridgehead atoms. The van der Waals surface area contributed by atoms with E-state index in [2.05, 4.69) is 41.5 Å². The highest BCUT2D eigenvalue weighted by Gasteiger charge is 2.12. The molecule has 0 spiro atoms. The fourth-order valence-corrected chi connectivity index (χ4v) is 2.70. The van der Waals surface area contributed by atoms with Crippen LogP contribution < -0.4 is 0 Å². The van der Waals surface area contributed by atoms with Gasteiger partial charge >= 0.3 is 11.9 Å². The summed E-state index contributed by atoms with van der Waals surface area (Å²) in [6, 6.07) is 0. The van der Waals surface area contributed by atoms with Gasteiger partial charge in [0.05, 0.1) is 13.2 Å². The first-order chi connectivity index (χ1) is 12.2. The molecule has 0 N–H and O–H groups in total. The summed E-state index contributed by atoms with van der Waals surface area (Å²) in [5, 5.41) is 0. The Morgan fingerprint density at radius 3 is 1.27 bits per heavy atom. The van der Waals surface area contributed by atoms with Gasteiger partial charge in [-0.15, -0.1) is 0 Å². The van der Waals surface area contributed by atoms with E-state index in [0.717, 1.165) is 38.5 Å². The smallest absolute Gasteiger partial charge is 0.306 e. The Balaban J connectivity index is 3.59. The molecule has 0 heterocycles. The van der Waals surface area contributed by atoms with Crippen molar-refractivity contribution in [3.63, 3.8) is 0 Å². The fraction of sp³-hybridized carbons (Fsp3) is 0.909. The van der Waals surface area contributed by atoms with Crippen LogP contribution in [0.2, 0.25) is 0 Å². The Kier molecular flexibility index (Phi) is 14.4. The maximum absolute atomic E-state index is 11.8. The Bertz CT molecular complexity index is 340. The summed E-state index contributed by atoms with van der Waals surface area (Å²) in [7, 11) is 0. The predicted molar refractivity (Wildman–Crippen MR) is 107 cm³/mol. The molecule has 0 aliphatic rings. The van der Waals surface area contributed by atoms with Gasteiger partial charge in [-0.2, -0.15) is 0 Å². The summed E-state index contributed by atoms with van der Waals surface area (Å²) in [6.07, 6.45) is 6.90. The van der Waals surface area contributed by atoms with Gasteiger partial charge in [-0.05, 0) is 49.4 Å². The highest BCUT2D eigenvalue weighted by Crippen LogP contribution is 2.16. The molecule has 0 aliphatic heterocycles. The fourth-order valence-electron chi connectivity index (χ4n) is 2.70. The van der Waals surface area contributed by atoms with E-state index in [-0.39, 0.29) is 11.9 Å². The molecule has 0 radical (unpaired) electrons. The lowest BCUT2D eigenvalue weighted by Gasteiger charge is -2.13. The molecule has 154 valence electrons. The minimum Gasteiger partial charge on any atom is -0.466 e. The van der Waals surface area contributed by atoms with Crippen molar-refractivity contribution in [1.29, 1.82) is 0 Å². The van der Waals surface area contributed by atoms with Gasteiger partial charge in [0.2, 0.25) is 0 Å². The zero-order valence-electron chi connectivity index (χ0n) is 18.0. The molecular formula is C22H42O4. The second kappa shape index (κ2) is 15.0. The van der Waals surface area contributed by atoms with Crippen LogP contribution in [0.4, 0.5) is 0 Å². The van der Waals surface area contributed by atoms with E-state index in [1.807, 2.05) is 0 Å². The normalized spacial score (nSPS) is 13.7. The van der Waals surface area contributed by atoms with Gasteiger partial charge in [0.25, 0.3) is 0 Å². The van der Waals surface area contributed by atoms with E-state index in [1.165, 1.54) is 0 Å². The molecule has 0 aromatic rings. The Morgan fingerprint density at radius 2 is 0.962 bits per heavy atom. The largest absolute Gasteiger partial charge is 0.466 e. The topological polar surface area (TPSA) is 52.6 Å². The maximum atomic E-state index is 11.8. The van der Waals surface area contributed by atoms with E-state index < -0.39 is 0 Å². The van der Waals surface area contributed by atoms with Crippen LogP contribution in [0.3, 0.4) is 0 Å². The van der Waals surface area contributed by atoms with Crippen LogP contribution in [0.15, 0.2) is 0 Å². The van der Waals surface area contributed by atoms with Crippen LogP contribution >= 0.6 is 0 Å². The molecule has 0 fully saturated rings. The number of carbonyl (C=O) groups excluding carboxylic acids is 2. The highest BCUT2D eigenvalue weighted by molar-refractivity contribution is 5.69. The van der Waals surface area contributed by atoms with Crippen LogP contribution in [0, 0.1) is 23.7 Å². The number of unbranched alkanes of at least 4 members (excludes halogenated alkanes) is 1. The SMILES string of the molecule is CC(C)CCC(C)CC(=O)OCCCCOC(=O)CC(C)CCC(C)C. The van der Waals surface area contributed by atoms with Crippen molar-refractivity contribution in [2.45, 2.75) is 92.9 Å². The lowest BCUT2D eigenvalue weighted by molar-refractivity contribution is -0.147. The van der Waals surface area contributed by atoms with E-state index in [9.17, 15) is 9.59 Å². The number of esters is 2. The first-order valence-corrected chi connectivity index (χ1v) is 10.5. The van der Waals surface area contributed by atoms with Gasteiger partial charge in [-0.25, -0.2) is 0 Å². The van der Waals surface area contributed by atoms with Crippen LogP contribution in [0.1, 0.15) is 92.9 Å². The Hall–Kier alpha value is -1.06. The molecule has 0 aliphatic carbocycles. The van der Waals surface area contributed by atoms with Gasteiger partial charge < -0.3 is 9.47 Å². The molecule has 26 heavy (non-hydrogen) atoms. The molecule has 4 heteroatoms. The van der Waals surface area contributed by atoms with Gasteiger partial charge in [0.15, 0.2) is 0 Å². The standard InChI is InChI=1S/C22H42O4/c1-17(2)9-11-19(5)15-21(23)25-13-7-8-14-26-22(24)16-20(6)12-10-18(3)4/h17-20H,7-16H2,1-6H3. The van der Waals surface area contributed by atoms with Crippen molar-refractivity contribution >= 4 is 11.9 Å². The average molecular weight is 371 g/mol. The van der Waals surface area contributed by atoms with Gasteiger partial charge in [-0.1, -0.05) is 54.4 Å². The predicted octanol–water partition coefficient (Wildman–Crippen LogP) is 5.78. The van der Waals surface area contributed by atoms with Crippen molar-refractivity contribution < 1.29 is 19.1 Å². The first kappa shape index (κ1) is 24.9. The van der Waals surface area contributed by atoms with Crippen LogP contribution in [-0.2, 0) is 19.1 Å². The third kappa shape index (κ3) is 16.4. The summed E-state index contributed by atoms with van der Waals surface area (Å²) in [5.41, 5.74) is 0. The summed E-state index contributed by atoms with van der Waals surface area (Å²) in [5.74, 6) is 1.88. The number of carbonyl (C=O) groups is 2. The highest BCUT2D eigenvalue weighted by atomic mass is 16.5. The second-order valence-corrected chi connectivity index (χ2v) is 8.71. The molecule has 0 amide bonds. The molecule has 2 unspecified atom stereocenters. The minimum atomic E-state index is -0.114. The Morgan fingerprint density at radius 1 is 0.615 bits per heavy atom. The molecule has 0 saturated heterocycles. The number of hydrogen-bond acceptors (Lipinski definition) is 4. The maximum Gasteiger partial charge on any atom is 0.306 e. The van der Waals surface area contributed by atoms with Gasteiger partial charge in [0, 0.05) is 12.8 Å². The van der Waals surface area contributed by atoms with Crippen LogP contribution in [0.5, 0.6) is 0 Å². The van der Waals surface area contributed by atoms with E-state index in [0.29, 0.717) is 49.7 Å². The number of hydrogen-bond donors (Lipinski definition) is 0. The van der Waals surface area contributed by atoms with Crippen molar-refractivity contribution in [3.05, 3.63) is 0 Å². The monoisotopic (exact) mass is 370 g/mol. The third-order valence-electron chi connectivity index (χ3n) is 4.57. The van der Waals surface area contributed by atoms with E-state index in [1.54, 1.807) is 0 Å². The quantitative estimate of drug-likeness (QED) is 0.271. The third-order valence-corrected chi connectivity index (χ3v) is 4.57. The summed E-state index contributed by atoms with van der Waals surface area (Å²) < 4.78 is 10.5. The van der Waals surface area contributed by atoms with Crippen LogP contribution in [-0.4, -0.2) is 25.2 Å². The number of rotatable bonds is 15. The summed E-state index contributed by atoms with van der Waals surface area (Å²) in [4.78, 5) is 23.5. The molecule has 0 rings (SSSR count). The molecule has 0 aromatic heterocycles. The van der Waals surface area contributed by atoms with Gasteiger partial charge in [0.1, 0.15) is 0 Å². The van der Waals surface area contributed by atoms with E-state index in [4.69, 9.17) is 9.47 Å². The summed E-state index contributed by atoms with van der Waals surface area (Å²) >= 11 is 0. The van der Waals surface area contributed by atoms with Gasteiger partial charge in [-0.3, -0.25) is 9.59 Å². The van der Waals surface area contributed by atoms with Crippen LogP contribution in [0.25, 0.3) is 0 Å². The van der Waals surface area contributed by atoms with E-state index >= 15 is 0 Å². The molecular weight excluding hydrogens is 328 g/mol. The van der Waals surface area contributed by atoms with Crippen molar-refractivity contribution in [3.8, 4) is 0 Å². The second-order valence-electron chi connectivity index (χ2n) is 8.71. The van der Waals surface area contributed by atoms with Crippen molar-refractivity contribution in [2.75, 3.05) is 13.2 Å². The molecule has 4 nitrogen and oxygen atoms in total. The zero-order valence-corrected chi connectivity index (χ0v) is 18.0. The number of ether oxygens (including phenoxy) is 2. The van der Waals surface area contributed by atoms with Crippen molar-refractivity contribution in [2.24, 2.45) is 23.7 Å². The zero-order chi connectivity index (χ0) is 19.9. The average Bonchev–Trinajstić information content (AvgIpc) is 2.54. The summed E-state index contributed by atoms with van der Waals surface area (Å²) in [6.45, 7) is 13.8. The molecule has 0 saturated carbocycles. The lowest BCUT2D eigenvalue weighted by atomic mass is 9.97. The lowest BCUT2D eigenvalue weighted by Crippen LogP contribution is -2.13. The first-order valence-electron chi connectivity index (χ1n) is 10.5. The Labute approximate surface area is 161 Å².